The average molecular weight is 264 g/mol. The summed E-state index contributed by atoms with van der Waals surface area (Å²) in [6.07, 6.45) is 3.16. The number of ether oxygens (including phenoxy) is 1. The summed E-state index contributed by atoms with van der Waals surface area (Å²) in [6, 6.07) is 0.137. The van der Waals surface area contributed by atoms with E-state index in [4.69, 9.17) is 10.5 Å². The summed E-state index contributed by atoms with van der Waals surface area (Å²) in [7, 11) is 0. The normalized spacial score (nSPS) is 16.6. The van der Waals surface area contributed by atoms with Crippen LogP contribution in [0.1, 0.15) is 48.9 Å². The molecule has 0 aromatic carbocycles. The minimum atomic E-state index is -0.228. The Morgan fingerprint density at radius 2 is 2.16 bits per heavy atom. The molecule has 3 N–H and O–H groups in total. The summed E-state index contributed by atoms with van der Waals surface area (Å²) in [5, 5.41) is 2.95. The highest BCUT2D eigenvalue weighted by Crippen LogP contribution is 2.14. The largest absolute Gasteiger partial charge is 0.396 e. The zero-order chi connectivity index (χ0) is 13.8. The molecule has 2 heterocycles. The summed E-state index contributed by atoms with van der Waals surface area (Å²) < 4.78 is 5.26. The number of hydrogen-bond donors (Lipinski definition) is 2. The molecule has 1 amide bonds. The van der Waals surface area contributed by atoms with Crippen LogP contribution in [0.2, 0.25) is 0 Å². The quantitative estimate of drug-likeness (QED) is 0.853. The van der Waals surface area contributed by atoms with E-state index in [9.17, 15) is 4.79 Å². The maximum Gasteiger partial charge on any atom is 0.272 e. The van der Waals surface area contributed by atoms with Crippen LogP contribution in [-0.4, -0.2) is 35.1 Å². The van der Waals surface area contributed by atoms with E-state index in [0.717, 1.165) is 12.8 Å². The van der Waals surface area contributed by atoms with Gasteiger partial charge in [-0.3, -0.25) is 4.79 Å². The van der Waals surface area contributed by atoms with Gasteiger partial charge in [0.1, 0.15) is 5.82 Å². The van der Waals surface area contributed by atoms with E-state index >= 15 is 0 Å². The topological polar surface area (TPSA) is 90.1 Å². The molecule has 0 bridgehead atoms. The number of nitrogen functional groups attached to an aromatic ring is 1. The third-order valence-electron chi connectivity index (χ3n) is 3.12. The molecule has 6 heteroatoms. The van der Waals surface area contributed by atoms with Crippen molar-refractivity contribution in [2.75, 3.05) is 18.9 Å². The fraction of sp³-hybridized carbons (Fsp3) is 0.615. The van der Waals surface area contributed by atoms with Gasteiger partial charge in [-0.25, -0.2) is 9.97 Å². The number of nitrogens with two attached hydrogens (primary N) is 1. The Labute approximate surface area is 112 Å². The van der Waals surface area contributed by atoms with Crippen LogP contribution in [-0.2, 0) is 4.74 Å². The lowest BCUT2D eigenvalue weighted by molar-refractivity contribution is 0.0694. The lowest BCUT2D eigenvalue weighted by Gasteiger charge is -2.23. The number of rotatable bonds is 3. The first-order valence-corrected chi connectivity index (χ1v) is 6.59. The van der Waals surface area contributed by atoms with Crippen molar-refractivity contribution in [2.24, 2.45) is 0 Å². The van der Waals surface area contributed by atoms with Gasteiger partial charge < -0.3 is 15.8 Å². The maximum atomic E-state index is 12.2. The minimum Gasteiger partial charge on any atom is -0.396 e. The van der Waals surface area contributed by atoms with Crippen LogP contribution in [0, 0.1) is 0 Å². The van der Waals surface area contributed by atoms with E-state index in [1.54, 1.807) is 0 Å². The van der Waals surface area contributed by atoms with E-state index in [2.05, 4.69) is 15.3 Å². The Kier molecular flexibility index (Phi) is 4.31. The molecule has 0 saturated carbocycles. The molecule has 1 aromatic heterocycles. The summed E-state index contributed by atoms with van der Waals surface area (Å²) in [4.78, 5) is 20.6. The van der Waals surface area contributed by atoms with Crippen LogP contribution >= 0.6 is 0 Å². The van der Waals surface area contributed by atoms with Gasteiger partial charge in [-0.1, -0.05) is 13.8 Å². The maximum absolute atomic E-state index is 12.2. The summed E-state index contributed by atoms with van der Waals surface area (Å²) in [6.45, 7) is 5.32. The zero-order valence-corrected chi connectivity index (χ0v) is 11.3. The molecule has 1 aromatic rings. The van der Waals surface area contributed by atoms with E-state index in [0.29, 0.717) is 24.7 Å². The highest BCUT2D eigenvalue weighted by atomic mass is 16.5. The number of amides is 1. The molecule has 0 unspecified atom stereocenters. The average Bonchev–Trinajstić information content (AvgIpc) is 2.40. The minimum absolute atomic E-state index is 0.137. The Bertz CT molecular complexity index is 456. The first-order valence-electron chi connectivity index (χ1n) is 6.59. The third-order valence-corrected chi connectivity index (χ3v) is 3.12. The van der Waals surface area contributed by atoms with Crippen LogP contribution in [0.5, 0.6) is 0 Å². The predicted molar refractivity (Wildman–Crippen MR) is 71.8 cm³/mol. The summed E-state index contributed by atoms with van der Waals surface area (Å²) in [5.74, 6) is 0.565. The predicted octanol–water partition coefficient (Wildman–Crippen LogP) is 1.09. The van der Waals surface area contributed by atoms with Gasteiger partial charge >= 0.3 is 0 Å². The summed E-state index contributed by atoms with van der Waals surface area (Å²) >= 11 is 0. The molecule has 1 aliphatic heterocycles. The zero-order valence-electron chi connectivity index (χ0n) is 11.3. The van der Waals surface area contributed by atoms with Crippen LogP contribution in [0.3, 0.4) is 0 Å². The smallest absolute Gasteiger partial charge is 0.272 e. The number of nitrogens with one attached hydrogen (secondary N) is 1. The van der Waals surface area contributed by atoms with Gasteiger partial charge in [0.05, 0.1) is 11.9 Å². The lowest BCUT2D eigenvalue weighted by Crippen LogP contribution is -2.39. The van der Waals surface area contributed by atoms with E-state index in [-0.39, 0.29) is 23.6 Å². The van der Waals surface area contributed by atoms with Crippen molar-refractivity contribution in [3.63, 3.8) is 0 Å². The second kappa shape index (κ2) is 5.97. The fourth-order valence-corrected chi connectivity index (χ4v) is 1.96. The van der Waals surface area contributed by atoms with Crippen molar-refractivity contribution >= 4 is 11.6 Å². The highest BCUT2D eigenvalue weighted by Gasteiger charge is 2.20. The number of nitrogens with zero attached hydrogens (tertiary/aromatic N) is 2. The van der Waals surface area contributed by atoms with Crippen LogP contribution in [0.15, 0.2) is 6.20 Å². The SMILES string of the molecule is CC(C)c1ncc(N)c(C(=O)NC2CCOCC2)n1. The van der Waals surface area contributed by atoms with Crippen molar-refractivity contribution in [1.82, 2.24) is 15.3 Å². The Balaban J connectivity index is 2.11. The van der Waals surface area contributed by atoms with E-state index < -0.39 is 0 Å². The standard InChI is InChI=1S/C13H20N4O2/c1-8(2)12-15-7-10(14)11(17-12)13(18)16-9-3-5-19-6-4-9/h7-9H,3-6,14H2,1-2H3,(H,16,18). The molecule has 19 heavy (non-hydrogen) atoms. The molecular weight excluding hydrogens is 244 g/mol. The van der Waals surface area contributed by atoms with Gasteiger partial charge in [-0.05, 0) is 12.8 Å². The van der Waals surface area contributed by atoms with Crippen LogP contribution in [0.4, 0.5) is 5.69 Å². The number of anilines is 1. The molecule has 1 saturated heterocycles. The van der Waals surface area contributed by atoms with Crippen molar-refractivity contribution in [2.45, 2.75) is 38.6 Å². The first-order chi connectivity index (χ1) is 9.08. The third kappa shape index (κ3) is 3.41. The monoisotopic (exact) mass is 264 g/mol. The fourth-order valence-electron chi connectivity index (χ4n) is 1.96. The van der Waals surface area contributed by atoms with Crippen molar-refractivity contribution in [3.05, 3.63) is 17.7 Å². The van der Waals surface area contributed by atoms with Crippen molar-refractivity contribution < 1.29 is 9.53 Å². The molecule has 1 fully saturated rings. The second-order valence-electron chi connectivity index (χ2n) is 5.05. The highest BCUT2D eigenvalue weighted by molar-refractivity contribution is 5.97. The van der Waals surface area contributed by atoms with Crippen molar-refractivity contribution in [3.8, 4) is 0 Å². The molecular formula is C13H20N4O2. The Morgan fingerprint density at radius 1 is 1.47 bits per heavy atom. The molecule has 104 valence electrons. The van der Waals surface area contributed by atoms with E-state index in [1.165, 1.54) is 6.20 Å². The van der Waals surface area contributed by atoms with Gasteiger partial charge in [0, 0.05) is 25.2 Å². The molecule has 0 spiro atoms. The first kappa shape index (κ1) is 13.7. The second-order valence-corrected chi connectivity index (χ2v) is 5.05. The number of hydrogen-bond acceptors (Lipinski definition) is 5. The van der Waals surface area contributed by atoms with Gasteiger partial charge in [-0.15, -0.1) is 0 Å². The van der Waals surface area contributed by atoms with Gasteiger partial charge in [0.25, 0.3) is 5.91 Å². The number of carbonyl (C=O) groups is 1. The van der Waals surface area contributed by atoms with E-state index in [1.807, 2.05) is 13.8 Å². The number of carbonyl (C=O) groups excluding carboxylic acids is 1. The summed E-state index contributed by atoms with van der Waals surface area (Å²) in [5.41, 5.74) is 6.37. The Morgan fingerprint density at radius 3 is 2.79 bits per heavy atom. The van der Waals surface area contributed by atoms with Gasteiger partial charge in [-0.2, -0.15) is 0 Å². The molecule has 0 aliphatic carbocycles. The van der Waals surface area contributed by atoms with Crippen LogP contribution < -0.4 is 11.1 Å². The van der Waals surface area contributed by atoms with Gasteiger partial charge in [0.15, 0.2) is 5.69 Å². The van der Waals surface area contributed by atoms with Crippen LogP contribution in [0.25, 0.3) is 0 Å². The van der Waals surface area contributed by atoms with Crippen molar-refractivity contribution in [1.29, 1.82) is 0 Å². The molecule has 6 nitrogen and oxygen atoms in total. The molecule has 1 aliphatic rings. The van der Waals surface area contributed by atoms with Gasteiger partial charge in [0.2, 0.25) is 0 Å². The molecule has 0 radical (unpaired) electrons. The number of aromatic nitrogens is 2. The Hall–Kier alpha value is -1.69. The molecule has 0 atom stereocenters. The molecule has 2 rings (SSSR count). The lowest BCUT2D eigenvalue weighted by atomic mass is 10.1.